The van der Waals surface area contributed by atoms with Gasteiger partial charge in [0.2, 0.25) is 0 Å². The monoisotopic (exact) mass is 392 g/mol. The van der Waals surface area contributed by atoms with Crippen LogP contribution >= 0.6 is 0 Å². The minimum absolute atomic E-state index is 0.156. The molecular weight excluding hydrogens is 356 g/mol. The molecule has 2 amide bonds. The van der Waals surface area contributed by atoms with E-state index in [0.29, 0.717) is 19.3 Å². The van der Waals surface area contributed by atoms with E-state index in [1.54, 1.807) is 13.8 Å². The maximum Gasteiger partial charge on any atom is 0.329 e. The van der Waals surface area contributed by atoms with E-state index >= 15 is 0 Å². The van der Waals surface area contributed by atoms with Crippen LogP contribution in [0.3, 0.4) is 0 Å². The Balaban J connectivity index is 2.14. The normalized spacial score (nSPS) is 32.5. The van der Waals surface area contributed by atoms with Gasteiger partial charge in [0, 0.05) is 0 Å². The van der Waals surface area contributed by atoms with Gasteiger partial charge >= 0.3 is 5.97 Å². The minimum Gasteiger partial charge on any atom is -0.479 e. The molecule has 3 rings (SSSR count). The highest BCUT2D eigenvalue weighted by atomic mass is 16.4. The van der Waals surface area contributed by atoms with Crippen LogP contribution in [0.5, 0.6) is 0 Å². The van der Waals surface area contributed by atoms with Gasteiger partial charge in [-0.2, -0.15) is 0 Å². The van der Waals surface area contributed by atoms with Gasteiger partial charge in [-0.1, -0.05) is 52.4 Å². The fourth-order valence-electron chi connectivity index (χ4n) is 5.82. The molecule has 3 unspecified atom stereocenters. The Labute approximate surface area is 168 Å². The average molecular weight is 393 g/mol. The summed E-state index contributed by atoms with van der Waals surface area (Å²) in [5.41, 5.74) is -3.09. The lowest BCUT2D eigenvalue weighted by Crippen LogP contribution is -2.82. The zero-order valence-electron chi connectivity index (χ0n) is 17.7. The van der Waals surface area contributed by atoms with Crippen LogP contribution in [0.25, 0.3) is 0 Å². The van der Waals surface area contributed by atoms with Gasteiger partial charge in [0.15, 0.2) is 0 Å². The van der Waals surface area contributed by atoms with Gasteiger partial charge in [0.25, 0.3) is 11.8 Å². The Morgan fingerprint density at radius 1 is 1.11 bits per heavy atom. The number of carbonyl (C=O) groups excluding carboxylic acids is 2. The van der Waals surface area contributed by atoms with Crippen molar-refractivity contribution >= 4 is 17.8 Å². The molecule has 28 heavy (non-hydrogen) atoms. The highest BCUT2D eigenvalue weighted by molar-refractivity contribution is 6.10. The summed E-state index contributed by atoms with van der Waals surface area (Å²) in [5, 5.41) is 13.6. The van der Waals surface area contributed by atoms with Gasteiger partial charge in [-0.25, -0.2) is 4.79 Å². The second kappa shape index (κ2) is 7.77. The summed E-state index contributed by atoms with van der Waals surface area (Å²) in [6.45, 7) is 5.42. The SMILES string of the molecule is CCCC1CCCCC12NC1(CCCCC1)C(=O)N(C(C)(CC)C(=O)O)C2=O. The van der Waals surface area contributed by atoms with E-state index < -0.39 is 22.6 Å². The average Bonchev–Trinajstić information content (AvgIpc) is 2.69. The van der Waals surface area contributed by atoms with E-state index in [1.807, 2.05) is 0 Å². The molecule has 158 valence electrons. The third-order valence-electron chi connectivity index (χ3n) is 7.72. The van der Waals surface area contributed by atoms with Gasteiger partial charge in [-0.3, -0.25) is 19.8 Å². The standard InChI is InChI=1S/C22H36N2O4/c1-4-11-16-12-7-10-15-22(16)18(26)24(20(3,5-2)19(27)28)17(25)21(23-22)13-8-6-9-14-21/h16,23H,4-15H2,1-3H3,(H,27,28). The Morgan fingerprint density at radius 3 is 2.32 bits per heavy atom. The predicted octanol–water partition coefficient (Wildman–Crippen LogP) is 3.63. The number of carboxylic acid groups (broad SMARTS) is 1. The molecule has 0 bridgehead atoms. The first-order valence-electron chi connectivity index (χ1n) is 11.2. The predicted molar refractivity (Wildman–Crippen MR) is 107 cm³/mol. The third kappa shape index (κ3) is 3.08. The molecule has 6 heteroatoms. The molecule has 1 aliphatic heterocycles. The van der Waals surface area contributed by atoms with Crippen molar-refractivity contribution < 1.29 is 19.5 Å². The minimum atomic E-state index is -1.50. The Morgan fingerprint density at radius 2 is 1.75 bits per heavy atom. The van der Waals surface area contributed by atoms with Gasteiger partial charge in [-0.15, -0.1) is 0 Å². The quantitative estimate of drug-likeness (QED) is 0.698. The number of nitrogens with one attached hydrogen (secondary N) is 1. The Kier molecular flexibility index (Phi) is 5.91. The van der Waals surface area contributed by atoms with E-state index in [2.05, 4.69) is 12.2 Å². The molecule has 3 aliphatic rings. The molecule has 1 heterocycles. The topological polar surface area (TPSA) is 86.7 Å². The zero-order valence-corrected chi connectivity index (χ0v) is 17.7. The van der Waals surface area contributed by atoms with E-state index in [1.165, 1.54) is 4.90 Å². The van der Waals surface area contributed by atoms with Crippen molar-refractivity contribution in [2.75, 3.05) is 0 Å². The van der Waals surface area contributed by atoms with Gasteiger partial charge in [0.05, 0.1) is 5.54 Å². The van der Waals surface area contributed by atoms with E-state index in [0.717, 1.165) is 51.4 Å². The summed E-state index contributed by atoms with van der Waals surface area (Å²) >= 11 is 0. The molecule has 0 aromatic carbocycles. The highest BCUT2D eigenvalue weighted by Crippen LogP contribution is 2.47. The summed E-state index contributed by atoms with van der Waals surface area (Å²) in [5.74, 6) is -1.54. The number of carbonyl (C=O) groups is 3. The van der Waals surface area contributed by atoms with Crippen LogP contribution in [0.2, 0.25) is 0 Å². The molecule has 0 aromatic heterocycles. The van der Waals surface area contributed by atoms with Crippen molar-refractivity contribution in [3.8, 4) is 0 Å². The Hall–Kier alpha value is -1.43. The second-order valence-corrected chi connectivity index (χ2v) is 9.35. The van der Waals surface area contributed by atoms with Crippen LogP contribution in [-0.4, -0.2) is 44.4 Å². The lowest BCUT2D eigenvalue weighted by molar-refractivity contribution is -0.182. The van der Waals surface area contributed by atoms with Crippen molar-refractivity contribution in [2.24, 2.45) is 5.92 Å². The lowest BCUT2D eigenvalue weighted by Gasteiger charge is -2.58. The molecule has 6 nitrogen and oxygen atoms in total. The summed E-state index contributed by atoms with van der Waals surface area (Å²) in [4.78, 5) is 41.0. The van der Waals surface area contributed by atoms with Crippen molar-refractivity contribution in [3.63, 3.8) is 0 Å². The number of carboxylic acids is 1. The fraction of sp³-hybridized carbons (Fsp3) is 0.864. The lowest BCUT2D eigenvalue weighted by atomic mass is 9.64. The first-order valence-corrected chi connectivity index (χ1v) is 11.2. The zero-order chi connectivity index (χ0) is 20.6. The molecule has 2 aliphatic carbocycles. The van der Waals surface area contributed by atoms with Crippen molar-refractivity contribution in [3.05, 3.63) is 0 Å². The van der Waals surface area contributed by atoms with E-state index in [9.17, 15) is 19.5 Å². The number of rotatable bonds is 5. The first kappa shape index (κ1) is 21.3. The van der Waals surface area contributed by atoms with Gasteiger partial charge in [0.1, 0.15) is 11.1 Å². The molecule has 3 fully saturated rings. The number of nitrogens with zero attached hydrogens (tertiary/aromatic N) is 1. The molecule has 1 saturated heterocycles. The fourth-order valence-corrected chi connectivity index (χ4v) is 5.82. The molecule has 2 N–H and O–H groups in total. The van der Waals surface area contributed by atoms with Crippen molar-refractivity contribution in [1.29, 1.82) is 0 Å². The smallest absolute Gasteiger partial charge is 0.329 e. The van der Waals surface area contributed by atoms with E-state index in [-0.39, 0.29) is 24.2 Å². The number of aliphatic carboxylic acids is 1. The van der Waals surface area contributed by atoms with Crippen molar-refractivity contribution in [2.45, 2.75) is 114 Å². The van der Waals surface area contributed by atoms with Crippen LogP contribution in [0.1, 0.15) is 97.8 Å². The molecule has 0 radical (unpaired) electrons. The van der Waals surface area contributed by atoms with Gasteiger partial charge < -0.3 is 5.11 Å². The van der Waals surface area contributed by atoms with Crippen LogP contribution in [0.15, 0.2) is 0 Å². The first-order chi connectivity index (χ1) is 13.3. The van der Waals surface area contributed by atoms with E-state index in [4.69, 9.17) is 0 Å². The third-order valence-corrected chi connectivity index (χ3v) is 7.72. The number of hydrogen-bond acceptors (Lipinski definition) is 4. The molecular formula is C22H36N2O4. The number of imide groups is 1. The molecule has 2 spiro atoms. The number of amides is 2. The molecule has 3 atom stereocenters. The summed E-state index contributed by atoms with van der Waals surface area (Å²) < 4.78 is 0. The summed E-state index contributed by atoms with van der Waals surface area (Å²) in [6, 6.07) is 0. The Bertz CT molecular complexity index is 640. The number of hydrogen-bond donors (Lipinski definition) is 2. The second-order valence-electron chi connectivity index (χ2n) is 9.35. The summed E-state index contributed by atoms with van der Waals surface area (Å²) in [6.07, 6.45) is 10.1. The molecule has 2 saturated carbocycles. The number of piperazine rings is 1. The van der Waals surface area contributed by atoms with Crippen LogP contribution in [-0.2, 0) is 14.4 Å². The van der Waals surface area contributed by atoms with Crippen LogP contribution < -0.4 is 5.32 Å². The summed E-state index contributed by atoms with van der Waals surface area (Å²) in [7, 11) is 0. The molecule has 0 aromatic rings. The van der Waals surface area contributed by atoms with Gasteiger partial charge in [-0.05, 0) is 51.4 Å². The maximum atomic E-state index is 13.9. The van der Waals surface area contributed by atoms with Crippen LogP contribution in [0.4, 0.5) is 0 Å². The highest BCUT2D eigenvalue weighted by Gasteiger charge is 2.64. The maximum absolute atomic E-state index is 13.9. The van der Waals surface area contributed by atoms with Crippen molar-refractivity contribution in [1.82, 2.24) is 10.2 Å². The largest absolute Gasteiger partial charge is 0.479 e. The van der Waals surface area contributed by atoms with Crippen LogP contribution in [0, 0.1) is 5.92 Å².